The number of phenolic OH excluding ortho intramolecular Hbond substituents is 1. The maximum absolute atomic E-state index is 9.70. The summed E-state index contributed by atoms with van der Waals surface area (Å²) in [4.78, 5) is 0. The number of rotatable bonds is 7. The van der Waals surface area contributed by atoms with Gasteiger partial charge in [0.2, 0.25) is 0 Å². The summed E-state index contributed by atoms with van der Waals surface area (Å²) in [7, 11) is 0. The van der Waals surface area contributed by atoms with E-state index in [1.165, 1.54) is 11.3 Å². The molecule has 0 saturated heterocycles. The highest BCUT2D eigenvalue weighted by atomic mass is 32.1. The number of aliphatic hydroxyl groups is 1. The molecule has 1 aromatic heterocycles. The van der Waals surface area contributed by atoms with Gasteiger partial charge in [-0.15, -0.1) is 10.2 Å². The third kappa shape index (κ3) is 3.90. The fraction of sp³-hybridized carbons (Fsp3) is 0.429. The van der Waals surface area contributed by atoms with E-state index < -0.39 is 5.54 Å². The fourth-order valence-electron chi connectivity index (χ4n) is 1.86. The number of nitrogens with zero attached hydrogens (tertiary/aromatic N) is 2. The Morgan fingerprint density at radius 3 is 2.86 bits per heavy atom. The quantitative estimate of drug-likeness (QED) is 0.721. The van der Waals surface area contributed by atoms with Crippen LogP contribution in [0.5, 0.6) is 10.9 Å². The molecule has 0 aliphatic carbocycles. The van der Waals surface area contributed by atoms with Crippen LogP contribution in [0.1, 0.15) is 24.4 Å². The van der Waals surface area contributed by atoms with E-state index in [-0.39, 0.29) is 12.4 Å². The number of aromatic nitrogens is 2. The number of nitrogens with one attached hydrogen (secondary N) is 1. The molecule has 0 radical (unpaired) electrons. The Bertz CT molecular complexity index is 590. The van der Waals surface area contributed by atoms with Crippen LogP contribution in [0, 0.1) is 0 Å². The monoisotopic (exact) mass is 309 g/mol. The standard InChI is InChI=1S/C14H19N3O3S/c1-3-20-13-17-16-12(21-13)8-15-14(2,9-18)10-5-4-6-11(19)7-10/h4-7,15,18-19H,3,8-9H2,1-2H3/t14-/m0/s1. The van der Waals surface area contributed by atoms with Crippen LogP contribution in [-0.4, -0.2) is 33.6 Å². The van der Waals surface area contributed by atoms with Crippen LogP contribution in [0.25, 0.3) is 0 Å². The molecular weight excluding hydrogens is 290 g/mol. The molecular formula is C14H19N3O3S. The molecule has 0 fully saturated rings. The number of hydrogen-bond donors (Lipinski definition) is 3. The Balaban J connectivity index is 2.07. The van der Waals surface area contributed by atoms with E-state index in [2.05, 4.69) is 15.5 Å². The molecule has 7 heteroatoms. The largest absolute Gasteiger partial charge is 0.508 e. The van der Waals surface area contributed by atoms with Gasteiger partial charge >= 0.3 is 0 Å². The first-order valence-electron chi connectivity index (χ1n) is 6.68. The van der Waals surface area contributed by atoms with Gasteiger partial charge in [-0.2, -0.15) is 0 Å². The third-order valence-electron chi connectivity index (χ3n) is 3.15. The van der Waals surface area contributed by atoms with Crippen LogP contribution in [0.3, 0.4) is 0 Å². The Labute approximate surface area is 127 Å². The number of benzene rings is 1. The lowest BCUT2D eigenvalue weighted by molar-refractivity contribution is 0.173. The van der Waals surface area contributed by atoms with Crippen LogP contribution in [0.2, 0.25) is 0 Å². The van der Waals surface area contributed by atoms with E-state index in [1.54, 1.807) is 18.2 Å². The molecule has 1 aromatic carbocycles. The van der Waals surface area contributed by atoms with Gasteiger partial charge in [0.1, 0.15) is 10.8 Å². The van der Waals surface area contributed by atoms with E-state index in [4.69, 9.17) is 4.74 Å². The third-order valence-corrected chi connectivity index (χ3v) is 3.98. The van der Waals surface area contributed by atoms with Crippen molar-refractivity contribution in [1.82, 2.24) is 15.5 Å². The molecule has 114 valence electrons. The molecule has 0 aliphatic heterocycles. The van der Waals surface area contributed by atoms with Crippen molar-refractivity contribution in [1.29, 1.82) is 0 Å². The van der Waals surface area contributed by atoms with Crippen molar-refractivity contribution in [2.45, 2.75) is 25.9 Å². The highest BCUT2D eigenvalue weighted by Gasteiger charge is 2.26. The first kappa shape index (κ1) is 15.7. The van der Waals surface area contributed by atoms with Crippen LogP contribution in [-0.2, 0) is 12.1 Å². The zero-order valence-electron chi connectivity index (χ0n) is 12.0. The molecule has 0 amide bonds. The summed E-state index contributed by atoms with van der Waals surface area (Å²) in [5.74, 6) is 0.170. The molecule has 3 N–H and O–H groups in total. The maximum atomic E-state index is 9.70. The van der Waals surface area contributed by atoms with Gasteiger partial charge in [-0.05, 0) is 31.5 Å². The number of aromatic hydroxyl groups is 1. The van der Waals surface area contributed by atoms with Gasteiger partial charge in [-0.25, -0.2) is 0 Å². The molecule has 2 rings (SSSR count). The fourth-order valence-corrected chi connectivity index (χ4v) is 2.55. The predicted octanol–water partition coefficient (Wildman–Crippen LogP) is 1.64. The normalized spacial score (nSPS) is 13.9. The van der Waals surface area contributed by atoms with Gasteiger partial charge in [0.05, 0.1) is 25.3 Å². The summed E-state index contributed by atoms with van der Waals surface area (Å²) in [5.41, 5.74) is 0.135. The summed E-state index contributed by atoms with van der Waals surface area (Å²) >= 11 is 1.37. The van der Waals surface area contributed by atoms with Crippen molar-refractivity contribution < 1.29 is 14.9 Å². The minimum absolute atomic E-state index is 0.104. The summed E-state index contributed by atoms with van der Waals surface area (Å²) < 4.78 is 5.28. The van der Waals surface area contributed by atoms with Crippen molar-refractivity contribution in [3.63, 3.8) is 0 Å². The highest BCUT2D eigenvalue weighted by molar-refractivity contribution is 7.13. The molecule has 1 heterocycles. The van der Waals surface area contributed by atoms with Crippen LogP contribution in [0.15, 0.2) is 24.3 Å². The zero-order chi connectivity index (χ0) is 15.3. The van der Waals surface area contributed by atoms with Crippen LogP contribution >= 0.6 is 11.3 Å². The Morgan fingerprint density at radius 2 is 2.19 bits per heavy atom. The summed E-state index contributed by atoms with van der Waals surface area (Å²) in [5, 5.41) is 31.8. The van der Waals surface area contributed by atoms with E-state index in [9.17, 15) is 10.2 Å². The summed E-state index contributed by atoms with van der Waals surface area (Å²) in [6.07, 6.45) is 0. The minimum Gasteiger partial charge on any atom is -0.508 e. The Morgan fingerprint density at radius 1 is 1.38 bits per heavy atom. The molecule has 1 atom stereocenters. The SMILES string of the molecule is CCOc1nnc(CN[C@@](C)(CO)c2cccc(O)c2)s1. The predicted molar refractivity (Wildman–Crippen MR) is 80.5 cm³/mol. The number of phenols is 1. The molecule has 0 aliphatic rings. The van der Waals surface area contributed by atoms with Gasteiger partial charge < -0.3 is 14.9 Å². The molecule has 21 heavy (non-hydrogen) atoms. The van der Waals surface area contributed by atoms with Gasteiger partial charge in [-0.1, -0.05) is 23.5 Å². The van der Waals surface area contributed by atoms with Gasteiger partial charge in [0.15, 0.2) is 0 Å². The number of aliphatic hydroxyl groups excluding tert-OH is 1. The summed E-state index contributed by atoms with van der Waals surface area (Å²) in [6.45, 7) is 4.67. The van der Waals surface area contributed by atoms with E-state index in [0.717, 1.165) is 10.6 Å². The lowest BCUT2D eigenvalue weighted by atomic mass is 9.92. The van der Waals surface area contributed by atoms with E-state index >= 15 is 0 Å². The molecule has 2 aromatic rings. The first-order chi connectivity index (χ1) is 10.1. The van der Waals surface area contributed by atoms with Crippen LogP contribution < -0.4 is 10.1 Å². The minimum atomic E-state index is -0.670. The van der Waals surface area contributed by atoms with E-state index in [0.29, 0.717) is 18.3 Å². The smallest absolute Gasteiger partial charge is 0.294 e. The Kier molecular flexibility index (Phi) is 5.11. The lowest BCUT2D eigenvalue weighted by Crippen LogP contribution is -2.42. The molecule has 0 saturated carbocycles. The van der Waals surface area contributed by atoms with Gasteiger partial charge in [-0.3, -0.25) is 5.32 Å². The van der Waals surface area contributed by atoms with Crippen molar-refractivity contribution in [2.75, 3.05) is 13.2 Å². The average molecular weight is 309 g/mol. The molecule has 6 nitrogen and oxygen atoms in total. The second-order valence-electron chi connectivity index (χ2n) is 4.79. The second-order valence-corrected chi connectivity index (χ2v) is 5.81. The summed E-state index contributed by atoms with van der Waals surface area (Å²) in [6, 6.07) is 6.84. The second kappa shape index (κ2) is 6.84. The number of hydrogen-bond acceptors (Lipinski definition) is 7. The molecule has 0 spiro atoms. The van der Waals surface area contributed by atoms with E-state index in [1.807, 2.05) is 19.9 Å². The van der Waals surface area contributed by atoms with Gasteiger partial charge in [0.25, 0.3) is 5.19 Å². The average Bonchev–Trinajstić information content (AvgIpc) is 2.93. The Hall–Kier alpha value is -1.70. The van der Waals surface area contributed by atoms with Crippen LogP contribution in [0.4, 0.5) is 0 Å². The maximum Gasteiger partial charge on any atom is 0.294 e. The first-order valence-corrected chi connectivity index (χ1v) is 7.49. The lowest BCUT2D eigenvalue weighted by Gasteiger charge is -2.29. The topological polar surface area (TPSA) is 87.5 Å². The zero-order valence-corrected chi connectivity index (χ0v) is 12.9. The number of ether oxygens (including phenoxy) is 1. The van der Waals surface area contributed by atoms with Crippen molar-refractivity contribution in [3.8, 4) is 10.9 Å². The van der Waals surface area contributed by atoms with Crippen molar-refractivity contribution >= 4 is 11.3 Å². The van der Waals surface area contributed by atoms with Crippen molar-refractivity contribution in [3.05, 3.63) is 34.8 Å². The highest BCUT2D eigenvalue weighted by Crippen LogP contribution is 2.25. The molecule has 0 unspecified atom stereocenters. The van der Waals surface area contributed by atoms with Gasteiger partial charge in [0, 0.05) is 0 Å². The molecule has 0 bridgehead atoms. The van der Waals surface area contributed by atoms with Crippen molar-refractivity contribution in [2.24, 2.45) is 0 Å².